The van der Waals surface area contributed by atoms with E-state index in [4.69, 9.17) is 17.3 Å². The van der Waals surface area contributed by atoms with Crippen LogP contribution in [0.5, 0.6) is 0 Å². The van der Waals surface area contributed by atoms with Gasteiger partial charge in [0.25, 0.3) is 0 Å². The quantitative estimate of drug-likeness (QED) is 0.676. The maximum atomic E-state index is 12.7. The van der Waals surface area contributed by atoms with Crippen LogP contribution in [0.1, 0.15) is 36.8 Å². The number of hydrogen-bond donors (Lipinski definition) is 2. The van der Waals surface area contributed by atoms with Crippen LogP contribution in [0.25, 0.3) is 0 Å². The Labute approximate surface area is 157 Å². The lowest BCUT2D eigenvalue weighted by molar-refractivity contribution is -0.120. The van der Waals surface area contributed by atoms with Gasteiger partial charge in [0.2, 0.25) is 5.91 Å². The zero-order chi connectivity index (χ0) is 17.4. The van der Waals surface area contributed by atoms with E-state index in [0.717, 1.165) is 48.3 Å². The second-order valence-corrected chi connectivity index (χ2v) is 8.45. The molecule has 3 nitrogen and oxygen atoms in total. The summed E-state index contributed by atoms with van der Waals surface area (Å²) in [6.07, 6.45) is 4.54. The number of hydrogen-bond acceptors (Lipinski definition) is 3. The molecule has 0 bridgehead atoms. The molecule has 0 spiro atoms. The maximum absolute atomic E-state index is 12.7. The molecule has 2 aromatic rings. The third kappa shape index (κ3) is 3.57. The number of halogens is 1. The Morgan fingerprint density at radius 3 is 2.88 bits per heavy atom. The van der Waals surface area contributed by atoms with Gasteiger partial charge in [-0.2, -0.15) is 0 Å². The third-order valence-electron chi connectivity index (χ3n) is 5.08. The van der Waals surface area contributed by atoms with E-state index in [1.54, 1.807) is 11.8 Å². The average Bonchev–Trinajstić information content (AvgIpc) is 2.60. The SMILES string of the molecule is NC1CCCC(C(=O)Nc2cc(Cl)cc3c2Cc2ccccc2S3)C1. The summed E-state index contributed by atoms with van der Waals surface area (Å²) >= 11 is 8.03. The van der Waals surface area contributed by atoms with E-state index in [2.05, 4.69) is 29.6 Å². The van der Waals surface area contributed by atoms with Crippen LogP contribution in [0.3, 0.4) is 0 Å². The Bertz CT molecular complexity index is 823. The van der Waals surface area contributed by atoms with Gasteiger partial charge in [0, 0.05) is 38.9 Å². The molecule has 1 saturated carbocycles. The van der Waals surface area contributed by atoms with E-state index >= 15 is 0 Å². The van der Waals surface area contributed by atoms with E-state index in [-0.39, 0.29) is 17.9 Å². The van der Waals surface area contributed by atoms with Crippen LogP contribution >= 0.6 is 23.4 Å². The summed E-state index contributed by atoms with van der Waals surface area (Å²) in [5.74, 6) is 0.0744. The highest BCUT2D eigenvalue weighted by atomic mass is 35.5. The zero-order valence-electron chi connectivity index (χ0n) is 13.9. The lowest BCUT2D eigenvalue weighted by atomic mass is 9.85. The van der Waals surface area contributed by atoms with Crippen molar-refractivity contribution in [3.8, 4) is 0 Å². The van der Waals surface area contributed by atoms with E-state index < -0.39 is 0 Å². The summed E-state index contributed by atoms with van der Waals surface area (Å²) in [7, 11) is 0. The van der Waals surface area contributed by atoms with Gasteiger partial charge in [-0.25, -0.2) is 0 Å². The van der Waals surface area contributed by atoms with Crippen molar-refractivity contribution in [3.05, 3.63) is 52.5 Å². The van der Waals surface area contributed by atoms with Crippen LogP contribution in [0, 0.1) is 5.92 Å². The first-order valence-corrected chi connectivity index (χ1v) is 9.94. The van der Waals surface area contributed by atoms with E-state index in [9.17, 15) is 4.79 Å². The summed E-state index contributed by atoms with van der Waals surface area (Å²) in [5, 5.41) is 3.79. The fraction of sp³-hybridized carbons (Fsp3) is 0.350. The molecule has 4 rings (SSSR count). The monoisotopic (exact) mass is 372 g/mol. The standard InChI is InChI=1S/C20H21ClN2OS/c21-14-10-17(23-20(24)13-5-3-6-15(22)8-13)16-9-12-4-1-2-7-18(12)25-19(16)11-14/h1-2,4,7,10-11,13,15H,3,5-6,8-9,22H2,(H,23,24). The molecule has 5 heteroatoms. The van der Waals surface area contributed by atoms with Crippen LogP contribution in [-0.2, 0) is 11.2 Å². The number of anilines is 1. The summed E-state index contributed by atoms with van der Waals surface area (Å²) in [6, 6.07) is 12.4. The molecule has 0 aromatic heterocycles. The van der Waals surface area contributed by atoms with E-state index in [0.29, 0.717) is 5.02 Å². The Balaban J connectivity index is 1.61. The summed E-state index contributed by atoms with van der Waals surface area (Å²) in [5.41, 5.74) is 9.32. The van der Waals surface area contributed by atoms with Crippen molar-refractivity contribution in [1.82, 2.24) is 0 Å². The minimum atomic E-state index is 0.00177. The number of rotatable bonds is 2. The van der Waals surface area contributed by atoms with Gasteiger partial charge in [-0.15, -0.1) is 0 Å². The molecule has 25 heavy (non-hydrogen) atoms. The average molecular weight is 373 g/mol. The number of nitrogens with one attached hydrogen (secondary N) is 1. The molecular weight excluding hydrogens is 352 g/mol. The summed E-state index contributed by atoms with van der Waals surface area (Å²) in [4.78, 5) is 15.1. The van der Waals surface area contributed by atoms with Crippen molar-refractivity contribution in [2.45, 2.75) is 47.9 Å². The first-order chi connectivity index (χ1) is 12.1. The van der Waals surface area contributed by atoms with Gasteiger partial charge in [-0.1, -0.05) is 48.0 Å². The van der Waals surface area contributed by atoms with Crippen LogP contribution in [0.2, 0.25) is 5.02 Å². The van der Waals surface area contributed by atoms with Gasteiger partial charge in [-0.3, -0.25) is 4.79 Å². The highest BCUT2D eigenvalue weighted by Gasteiger charge is 2.27. The van der Waals surface area contributed by atoms with Gasteiger partial charge in [0.1, 0.15) is 0 Å². The Morgan fingerprint density at radius 1 is 1.20 bits per heavy atom. The molecular formula is C20H21ClN2OS. The van der Waals surface area contributed by atoms with E-state index in [1.165, 1.54) is 10.5 Å². The maximum Gasteiger partial charge on any atom is 0.227 e. The number of carbonyl (C=O) groups excluding carboxylic acids is 1. The summed E-state index contributed by atoms with van der Waals surface area (Å²) in [6.45, 7) is 0. The molecule has 2 aliphatic rings. The second kappa shape index (κ2) is 7.02. The Kier molecular flexibility index (Phi) is 4.76. The lowest BCUT2D eigenvalue weighted by Gasteiger charge is -2.27. The fourth-order valence-corrected chi connectivity index (χ4v) is 5.18. The molecule has 3 N–H and O–H groups in total. The van der Waals surface area contributed by atoms with Crippen molar-refractivity contribution in [2.75, 3.05) is 5.32 Å². The molecule has 1 amide bonds. The molecule has 2 aromatic carbocycles. The van der Waals surface area contributed by atoms with Crippen LogP contribution < -0.4 is 11.1 Å². The molecule has 0 saturated heterocycles. The van der Waals surface area contributed by atoms with E-state index in [1.807, 2.05) is 12.1 Å². The molecule has 1 aliphatic heterocycles. The lowest BCUT2D eigenvalue weighted by Crippen LogP contribution is -2.34. The van der Waals surface area contributed by atoms with Crippen molar-refractivity contribution in [1.29, 1.82) is 0 Å². The predicted molar refractivity (Wildman–Crippen MR) is 103 cm³/mol. The predicted octanol–water partition coefficient (Wildman–Crippen LogP) is 4.85. The molecule has 1 aliphatic carbocycles. The normalized spacial score (nSPS) is 22.0. The number of benzene rings is 2. The van der Waals surface area contributed by atoms with Crippen molar-refractivity contribution >= 4 is 35.0 Å². The largest absolute Gasteiger partial charge is 0.328 e. The van der Waals surface area contributed by atoms with Crippen LogP contribution in [0.15, 0.2) is 46.2 Å². The molecule has 1 heterocycles. The topological polar surface area (TPSA) is 55.1 Å². The third-order valence-corrected chi connectivity index (χ3v) is 6.50. The van der Waals surface area contributed by atoms with Crippen molar-refractivity contribution < 1.29 is 4.79 Å². The molecule has 2 atom stereocenters. The smallest absolute Gasteiger partial charge is 0.227 e. The van der Waals surface area contributed by atoms with Gasteiger partial charge in [-0.05, 0) is 48.6 Å². The Hall–Kier alpha value is -1.49. The highest BCUT2D eigenvalue weighted by molar-refractivity contribution is 7.99. The minimum absolute atomic E-state index is 0.00177. The first kappa shape index (κ1) is 17.0. The second-order valence-electron chi connectivity index (χ2n) is 6.93. The van der Waals surface area contributed by atoms with Gasteiger partial charge in [0.05, 0.1) is 0 Å². The molecule has 0 radical (unpaired) electrons. The first-order valence-electron chi connectivity index (χ1n) is 8.75. The number of fused-ring (bicyclic) bond motifs is 2. The summed E-state index contributed by atoms with van der Waals surface area (Å²) < 4.78 is 0. The number of carbonyl (C=O) groups is 1. The number of nitrogens with two attached hydrogens (primary N) is 1. The van der Waals surface area contributed by atoms with Crippen LogP contribution in [0.4, 0.5) is 5.69 Å². The van der Waals surface area contributed by atoms with Gasteiger partial charge in [0.15, 0.2) is 0 Å². The van der Waals surface area contributed by atoms with Crippen LogP contribution in [-0.4, -0.2) is 11.9 Å². The van der Waals surface area contributed by atoms with Gasteiger partial charge < -0.3 is 11.1 Å². The Morgan fingerprint density at radius 2 is 2.04 bits per heavy atom. The highest BCUT2D eigenvalue weighted by Crippen LogP contribution is 2.43. The fourth-order valence-electron chi connectivity index (χ4n) is 3.76. The molecule has 130 valence electrons. The zero-order valence-corrected chi connectivity index (χ0v) is 15.5. The number of amides is 1. The van der Waals surface area contributed by atoms with Gasteiger partial charge >= 0.3 is 0 Å². The molecule has 2 unspecified atom stereocenters. The van der Waals surface area contributed by atoms with Crippen molar-refractivity contribution in [3.63, 3.8) is 0 Å². The minimum Gasteiger partial charge on any atom is -0.328 e. The van der Waals surface area contributed by atoms with Crippen molar-refractivity contribution in [2.24, 2.45) is 11.7 Å². The molecule has 1 fully saturated rings.